The summed E-state index contributed by atoms with van der Waals surface area (Å²) in [5.74, 6) is 22.4. The van der Waals surface area contributed by atoms with Crippen LogP contribution in [-0.4, -0.2) is 87.7 Å². The lowest BCUT2D eigenvalue weighted by Gasteiger charge is -2.40. The predicted octanol–water partition coefficient (Wildman–Crippen LogP) is 21.2. The second-order valence-electron chi connectivity index (χ2n) is 37.6. The van der Waals surface area contributed by atoms with Gasteiger partial charge in [0.25, 0.3) is 0 Å². The number of hydrogen-bond donors (Lipinski definition) is 2. The minimum Gasteiger partial charge on any atom is -0.496 e. The summed E-state index contributed by atoms with van der Waals surface area (Å²) in [6.45, 7) is 12.7. The fourth-order valence-corrected chi connectivity index (χ4v) is 35.0. The van der Waals surface area contributed by atoms with Crippen LogP contribution in [0.2, 0.25) is 25.2 Å². The van der Waals surface area contributed by atoms with Crippen LogP contribution in [-0.2, 0) is 9.47 Å². The molecular formula is C102H131N3O4P2Si. The van der Waals surface area contributed by atoms with E-state index in [0.717, 1.165) is 156 Å². The normalized spacial score (nSPS) is 36.3. The molecule has 0 amide bonds. The first-order chi connectivity index (χ1) is 54.9. The third-order valence-electron chi connectivity index (χ3n) is 30.3. The van der Waals surface area contributed by atoms with Crippen molar-refractivity contribution in [3.05, 3.63) is 242 Å². The molecule has 17 aliphatic carbocycles. The number of methoxy groups -OCH3 is 3. The molecule has 112 heavy (non-hydrogen) atoms. The summed E-state index contributed by atoms with van der Waals surface area (Å²) in [4.78, 5) is 0. The number of nitrogens with zero attached hydrogens (tertiary/aromatic N) is 1. The molecule has 8 fully saturated rings. The summed E-state index contributed by atoms with van der Waals surface area (Å²) in [6, 6.07) is 51.8. The lowest BCUT2D eigenvalue weighted by atomic mass is 9.75. The molecule has 22 rings (SSSR count). The Morgan fingerprint density at radius 2 is 0.804 bits per heavy atom. The average Bonchev–Trinajstić information content (AvgIpc) is 1.54. The quantitative estimate of drug-likeness (QED) is 0.0328. The summed E-state index contributed by atoms with van der Waals surface area (Å²) in [6.07, 6.45) is 59.1. The van der Waals surface area contributed by atoms with Crippen LogP contribution in [0.15, 0.2) is 231 Å². The van der Waals surface area contributed by atoms with Crippen molar-refractivity contribution < 1.29 is 18.9 Å². The molecule has 0 heterocycles. The molecule has 16 bridgehead atoms. The molecule has 27 atom stereocenters. The van der Waals surface area contributed by atoms with E-state index in [-0.39, 0.29) is 0 Å². The summed E-state index contributed by atoms with van der Waals surface area (Å²) < 4.78 is 21.6. The summed E-state index contributed by atoms with van der Waals surface area (Å²) >= 11 is 0. The zero-order chi connectivity index (χ0) is 76.8. The van der Waals surface area contributed by atoms with Crippen LogP contribution in [0, 0.1) is 142 Å². The van der Waals surface area contributed by atoms with E-state index in [2.05, 4.69) is 269 Å². The third kappa shape index (κ3) is 17.1. The van der Waals surface area contributed by atoms with Crippen LogP contribution in [0.1, 0.15) is 119 Å². The second-order valence-corrected chi connectivity index (χ2v) is 47.8. The fraction of sp³-hybridized carbons (Fsp3) is 0.539. The largest absolute Gasteiger partial charge is 0.496 e. The Bertz CT molecular complexity index is 3930. The van der Waals surface area contributed by atoms with E-state index in [4.69, 9.17) is 24.2 Å². The molecule has 7 nitrogen and oxygen atoms in total. The van der Waals surface area contributed by atoms with E-state index >= 15 is 0 Å². The van der Waals surface area contributed by atoms with Crippen molar-refractivity contribution in [2.45, 2.75) is 145 Å². The summed E-state index contributed by atoms with van der Waals surface area (Å²) in [7, 11) is 7.62. The van der Waals surface area contributed by atoms with Gasteiger partial charge in [0.15, 0.2) is 0 Å². The van der Waals surface area contributed by atoms with E-state index in [0.29, 0.717) is 46.8 Å². The minimum atomic E-state index is -0.829. The smallest absolute Gasteiger partial charge is 0.123 e. The van der Waals surface area contributed by atoms with Crippen LogP contribution in [0.5, 0.6) is 11.5 Å². The van der Waals surface area contributed by atoms with Crippen molar-refractivity contribution >= 4 is 45.1 Å². The van der Waals surface area contributed by atoms with Gasteiger partial charge in [0.1, 0.15) is 11.5 Å². The second kappa shape index (κ2) is 36.7. The Balaban J connectivity index is 0.000000104. The first-order valence-corrected chi connectivity index (χ1v) is 50.6. The van der Waals surface area contributed by atoms with Gasteiger partial charge < -0.3 is 29.6 Å². The lowest BCUT2D eigenvalue weighted by molar-refractivity contribution is 0.0861. The maximum Gasteiger partial charge on any atom is 0.123 e. The molecule has 0 aromatic heterocycles. The van der Waals surface area contributed by atoms with Gasteiger partial charge in [-0.25, -0.2) is 0 Å². The number of unbranched alkanes of at least 4 members (excludes halogenated alkanes) is 2. The van der Waals surface area contributed by atoms with Gasteiger partial charge in [-0.05, 0) is 303 Å². The van der Waals surface area contributed by atoms with E-state index < -0.39 is 23.9 Å². The molecule has 0 radical (unpaired) electrons. The molecule has 8 saturated carbocycles. The van der Waals surface area contributed by atoms with Crippen LogP contribution < -0.4 is 41.3 Å². The molecule has 0 spiro atoms. The van der Waals surface area contributed by atoms with Crippen molar-refractivity contribution in [2.75, 3.05) is 68.3 Å². The van der Waals surface area contributed by atoms with Gasteiger partial charge in [-0.1, -0.05) is 238 Å². The molecule has 17 aliphatic rings. The Morgan fingerprint density at radius 1 is 0.393 bits per heavy atom. The van der Waals surface area contributed by atoms with E-state index in [1.54, 1.807) is 27.8 Å². The van der Waals surface area contributed by atoms with Gasteiger partial charge in [0.2, 0.25) is 0 Å². The van der Waals surface area contributed by atoms with Crippen molar-refractivity contribution in [3.8, 4) is 17.6 Å². The van der Waals surface area contributed by atoms with Crippen LogP contribution in [0.4, 0.5) is 0 Å². The monoisotopic (exact) mass is 1550 g/mol. The molecule has 10 heteroatoms. The standard InChI is InChI=1S/C31H28P2.C15H18.C14H24O2.C13H14O2.C11H20N2.C10H18Si.C8H9N/c1-5-13-26(14-6-1)32(27-15-7-2-8-16-27)30-24-21-22-25(23-24)31(30)33(28-17-9-3-10-18-28)29-19-11-4-12-20-29;1-3-10-5-8(1)12-7-13-9-2-4-11(6-9)15(13)14(10)12;1-15-7-3-2-4-8-16-11-14-10-12-5-6-13(14)9-12;1-14-10-5-6-11(15-2)13-9-4-3-8(7-9)12(10)13;1-12-6-10-8-3-4-9(5-8)11(10)7-13-2;1-11(2,3)10-7-8-4-5-9(10)6-8;9-5-8-4-6-1-2-7(8)3-6/h1-22,24-25,30-31H,23H2;1-4,8-15H,5-7H2;5-6,12-14H,2-4,7-11H2,1H3;3-6,8-9H,7H2,1-2H3;3-4,8-13H,5-7H2,1-2H3;4-5,8-10H,6-7H2,1-3H3;1-2,6-8H,3-4H2. The number of allylic oxidation sites excluding steroid dienone is 16. The van der Waals surface area contributed by atoms with Gasteiger partial charge in [-0.15, -0.1) is 0 Å². The van der Waals surface area contributed by atoms with Gasteiger partial charge >= 0.3 is 0 Å². The van der Waals surface area contributed by atoms with Gasteiger partial charge in [-0.3, -0.25) is 0 Å². The molecular weight excluding hydrogens is 1420 g/mol. The fourth-order valence-electron chi connectivity index (χ4n) is 25.4. The maximum absolute atomic E-state index is 8.60. The van der Waals surface area contributed by atoms with Crippen LogP contribution >= 0.6 is 15.8 Å². The van der Waals surface area contributed by atoms with Crippen LogP contribution in [0.3, 0.4) is 0 Å². The molecule has 5 aromatic carbocycles. The summed E-state index contributed by atoms with van der Waals surface area (Å²) in [5, 5.41) is 21.3. The number of fused-ring (bicyclic) bond motifs is 26. The number of benzene rings is 5. The predicted molar refractivity (Wildman–Crippen MR) is 473 cm³/mol. The van der Waals surface area contributed by atoms with Crippen LogP contribution in [0.25, 0.3) is 0 Å². The van der Waals surface area contributed by atoms with Crippen molar-refractivity contribution in [2.24, 2.45) is 130 Å². The Kier molecular flexibility index (Phi) is 26.1. The van der Waals surface area contributed by atoms with Gasteiger partial charge in [0, 0.05) is 69.3 Å². The van der Waals surface area contributed by atoms with E-state index in [1.165, 1.54) is 122 Å². The first-order valence-electron chi connectivity index (χ1n) is 44.2. The van der Waals surface area contributed by atoms with E-state index in [1.807, 2.05) is 12.1 Å². The third-order valence-corrected chi connectivity index (χ3v) is 39.5. The number of nitriles is 1. The molecule has 5 aromatic rings. The minimum absolute atomic E-state index is 0.347. The average molecular weight is 1550 g/mol. The highest BCUT2D eigenvalue weighted by Gasteiger charge is 2.61. The van der Waals surface area contributed by atoms with Gasteiger partial charge in [0.05, 0.1) is 26.2 Å². The van der Waals surface area contributed by atoms with Crippen molar-refractivity contribution in [1.29, 1.82) is 5.26 Å². The topological polar surface area (TPSA) is 84.8 Å². The highest BCUT2D eigenvalue weighted by molar-refractivity contribution is 7.77. The Morgan fingerprint density at radius 3 is 1.19 bits per heavy atom. The van der Waals surface area contributed by atoms with Gasteiger partial charge in [-0.2, -0.15) is 5.26 Å². The maximum atomic E-state index is 8.60. The number of ether oxygens (including phenoxy) is 4. The molecule has 0 aliphatic heterocycles. The number of hydrogen-bond acceptors (Lipinski definition) is 7. The summed E-state index contributed by atoms with van der Waals surface area (Å²) in [5.41, 5.74) is 5.09. The highest BCUT2D eigenvalue weighted by atomic mass is 31.1. The zero-order valence-corrected chi connectivity index (χ0v) is 71.4. The number of nitrogens with one attached hydrogen (secondary N) is 2. The van der Waals surface area contributed by atoms with E-state index in [9.17, 15) is 0 Å². The highest BCUT2D eigenvalue weighted by Crippen LogP contribution is 2.69. The zero-order valence-electron chi connectivity index (χ0n) is 68.6. The first kappa shape index (κ1) is 79.8. The SMILES string of the molecule is C1=CC2CC1C(P(c1ccccc1)c1ccccc1)C2P(c1ccccc1)c1ccccc1.C1=CC2CC1C1CC3C4C=CC(C4)C3C21.CNCC1C2C=CC(C2)C1CNC.COCCCCCOCC1CC2C=CC1C2.COc1ccc(OC)c2c1C1C=CC2C1.C[Si](C)(C)C1CC2C=CC1C2.N#CC1CC2C=CC1C2. The molecule has 592 valence electrons. The Labute approximate surface area is 678 Å². The number of rotatable bonds is 21. The molecule has 0 saturated heterocycles. The lowest BCUT2D eigenvalue weighted by Crippen LogP contribution is -2.37. The Hall–Kier alpha value is -5.97. The van der Waals surface area contributed by atoms with Crippen molar-refractivity contribution in [3.63, 3.8) is 0 Å². The van der Waals surface area contributed by atoms with Crippen molar-refractivity contribution in [1.82, 2.24) is 10.6 Å². The molecule has 2 N–H and O–H groups in total. The molecule has 27 unspecified atom stereocenters.